The molecule has 3 amide bonds. The molecule has 0 unspecified atom stereocenters. The lowest BCUT2D eigenvalue weighted by Gasteiger charge is -2.26. The maximum absolute atomic E-state index is 11.9. The topological polar surface area (TPSA) is 90.5 Å². The Morgan fingerprint density at radius 1 is 1.10 bits per heavy atom. The van der Waals surface area contributed by atoms with E-state index in [1.807, 2.05) is 0 Å². The van der Waals surface area contributed by atoms with E-state index in [9.17, 15) is 14.7 Å². The van der Waals surface area contributed by atoms with Crippen molar-refractivity contribution in [3.8, 4) is 0 Å². The van der Waals surface area contributed by atoms with E-state index in [0.29, 0.717) is 11.3 Å². The van der Waals surface area contributed by atoms with Crippen LogP contribution in [0.15, 0.2) is 24.3 Å². The van der Waals surface area contributed by atoms with E-state index in [1.165, 1.54) is 0 Å². The summed E-state index contributed by atoms with van der Waals surface area (Å²) in [5.41, 5.74) is 1.18. The Hall–Kier alpha value is -2.08. The van der Waals surface area contributed by atoms with E-state index in [0.717, 1.165) is 25.7 Å². The van der Waals surface area contributed by atoms with Gasteiger partial charge in [-0.2, -0.15) is 0 Å². The van der Waals surface area contributed by atoms with Gasteiger partial charge in [0.1, 0.15) is 0 Å². The summed E-state index contributed by atoms with van der Waals surface area (Å²) < 4.78 is 0. The van der Waals surface area contributed by atoms with Crippen molar-refractivity contribution in [2.24, 2.45) is 0 Å². The molecule has 1 aromatic rings. The van der Waals surface area contributed by atoms with Crippen molar-refractivity contribution < 1.29 is 14.7 Å². The van der Waals surface area contributed by atoms with E-state index in [-0.39, 0.29) is 24.1 Å². The number of aliphatic hydroxyl groups is 1. The lowest BCUT2D eigenvalue weighted by molar-refractivity contribution is 0.0963. The molecule has 0 spiro atoms. The second-order valence-electron chi connectivity index (χ2n) is 5.26. The number of amides is 3. The van der Waals surface area contributed by atoms with Crippen molar-refractivity contribution in [1.29, 1.82) is 0 Å². The summed E-state index contributed by atoms with van der Waals surface area (Å²) >= 11 is 0. The fraction of sp³-hybridized carbons (Fsp3) is 0.467. The minimum absolute atomic E-state index is 0.110. The first-order chi connectivity index (χ1) is 10.1. The van der Waals surface area contributed by atoms with Gasteiger partial charge in [-0.15, -0.1) is 0 Å². The van der Waals surface area contributed by atoms with Gasteiger partial charge < -0.3 is 21.1 Å². The molecule has 1 aliphatic carbocycles. The molecule has 1 aliphatic rings. The molecule has 21 heavy (non-hydrogen) atoms. The Morgan fingerprint density at radius 3 is 2.29 bits per heavy atom. The van der Waals surface area contributed by atoms with Crippen LogP contribution in [0.1, 0.15) is 36.0 Å². The van der Waals surface area contributed by atoms with Gasteiger partial charge in [0, 0.05) is 24.3 Å². The third kappa shape index (κ3) is 4.46. The molecule has 0 bridgehead atoms. The number of aliphatic hydroxyl groups excluding tert-OH is 1. The van der Waals surface area contributed by atoms with Crippen LogP contribution in [0.2, 0.25) is 0 Å². The number of anilines is 1. The molecule has 1 fully saturated rings. The third-order valence-corrected chi connectivity index (χ3v) is 3.66. The fourth-order valence-electron chi connectivity index (χ4n) is 2.42. The number of benzene rings is 1. The molecule has 0 heterocycles. The van der Waals surface area contributed by atoms with Crippen LogP contribution in [0.3, 0.4) is 0 Å². The number of rotatable bonds is 3. The van der Waals surface area contributed by atoms with Crippen LogP contribution in [0, 0.1) is 0 Å². The number of carbonyl (C=O) groups excluding carboxylic acids is 2. The molecule has 6 nitrogen and oxygen atoms in total. The van der Waals surface area contributed by atoms with E-state index >= 15 is 0 Å². The zero-order valence-corrected chi connectivity index (χ0v) is 12.1. The molecule has 0 saturated heterocycles. The Balaban J connectivity index is 1.83. The van der Waals surface area contributed by atoms with Gasteiger partial charge >= 0.3 is 6.03 Å². The average Bonchev–Trinajstić information content (AvgIpc) is 2.49. The first-order valence-electron chi connectivity index (χ1n) is 7.16. The largest absolute Gasteiger partial charge is 0.393 e. The maximum atomic E-state index is 11.9. The highest BCUT2D eigenvalue weighted by molar-refractivity contribution is 5.95. The molecular formula is C15H21N3O3. The lowest BCUT2D eigenvalue weighted by atomic mass is 9.93. The normalized spacial score (nSPS) is 21.4. The van der Waals surface area contributed by atoms with Crippen molar-refractivity contribution in [3.05, 3.63) is 29.8 Å². The Kier molecular flexibility index (Phi) is 5.16. The highest BCUT2D eigenvalue weighted by Crippen LogP contribution is 2.18. The molecule has 4 N–H and O–H groups in total. The van der Waals surface area contributed by atoms with Gasteiger partial charge in [0.25, 0.3) is 5.91 Å². The summed E-state index contributed by atoms with van der Waals surface area (Å²) in [4.78, 5) is 23.3. The van der Waals surface area contributed by atoms with Crippen molar-refractivity contribution in [3.63, 3.8) is 0 Å². The van der Waals surface area contributed by atoms with Crippen LogP contribution in [0.25, 0.3) is 0 Å². The quantitative estimate of drug-likeness (QED) is 0.680. The minimum atomic E-state index is -0.260. The van der Waals surface area contributed by atoms with Crippen LogP contribution in [-0.4, -0.2) is 36.2 Å². The molecule has 0 atom stereocenters. The molecule has 0 aliphatic heterocycles. The second-order valence-corrected chi connectivity index (χ2v) is 5.26. The Labute approximate surface area is 123 Å². The summed E-state index contributed by atoms with van der Waals surface area (Å²) in [5.74, 6) is -0.160. The summed E-state index contributed by atoms with van der Waals surface area (Å²) in [7, 11) is 1.57. The third-order valence-electron chi connectivity index (χ3n) is 3.66. The van der Waals surface area contributed by atoms with E-state index in [4.69, 9.17) is 0 Å². The molecule has 2 rings (SSSR count). The first-order valence-corrected chi connectivity index (χ1v) is 7.16. The van der Waals surface area contributed by atoms with Crippen molar-refractivity contribution >= 4 is 17.6 Å². The molecule has 0 radical (unpaired) electrons. The van der Waals surface area contributed by atoms with E-state index < -0.39 is 0 Å². The van der Waals surface area contributed by atoms with Gasteiger partial charge in [-0.25, -0.2) is 4.79 Å². The highest BCUT2D eigenvalue weighted by Gasteiger charge is 2.20. The van der Waals surface area contributed by atoms with Crippen LogP contribution in [0.4, 0.5) is 10.5 Å². The number of urea groups is 1. The van der Waals surface area contributed by atoms with Crippen LogP contribution < -0.4 is 16.0 Å². The standard InChI is InChI=1S/C15H21N3O3/c1-16-14(20)10-2-4-11(5-3-10)17-15(21)18-12-6-8-13(19)9-7-12/h2-5,12-13,19H,6-9H2,1H3,(H,16,20)(H2,17,18,21). The number of carbonyl (C=O) groups is 2. The van der Waals surface area contributed by atoms with Gasteiger partial charge in [0.15, 0.2) is 0 Å². The van der Waals surface area contributed by atoms with Crippen molar-refractivity contribution in [2.75, 3.05) is 12.4 Å². The smallest absolute Gasteiger partial charge is 0.319 e. The monoisotopic (exact) mass is 291 g/mol. The fourth-order valence-corrected chi connectivity index (χ4v) is 2.42. The predicted octanol–water partition coefficient (Wildman–Crippen LogP) is 1.47. The molecular weight excluding hydrogens is 270 g/mol. The van der Waals surface area contributed by atoms with Crippen LogP contribution in [0.5, 0.6) is 0 Å². The zero-order chi connectivity index (χ0) is 15.2. The molecule has 114 valence electrons. The zero-order valence-electron chi connectivity index (χ0n) is 12.1. The van der Waals surface area contributed by atoms with E-state index in [2.05, 4.69) is 16.0 Å². The molecule has 1 aromatic carbocycles. The van der Waals surface area contributed by atoms with Gasteiger partial charge in [-0.1, -0.05) is 0 Å². The number of nitrogens with one attached hydrogen (secondary N) is 3. The van der Waals surface area contributed by atoms with Crippen molar-refractivity contribution in [2.45, 2.75) is 37.8 Å². The van der Waals surface area contributed by atoms with Crippen molar-refractivity contribution in [1.82, 2.24) is 10.6 Å². The van der Waals surface area contributed by atoms with Gasteiger partial charge in [0.2, 0.25) is 0 Å². The number of hydrogen-bond donors (Lipinski definition) is 4. The Bertz CT molecular complexity index is 493. The molecule has 0 aromatic heterocycles. The first kappa shape index (κ1) is 15.3. The maximum Gasteiger partial charge on any atom is 0.319 e. The summed E-state index contributed by atoms with van der Waals surface area (Å²) in [6.45, 7) is 0. The van der Waals surface area contributed by atoms with Gasteiger partial charge in [0.05, 0.1) is 6.10 Å². The second kappa shape index (κ2) is 7.08. The van der Waals surface area contributed by atoms with Gasteiger partial charge in [-0.3, -0.25) is 4.79 Å². The Morgan fingerprint density at radius 2 is 1.71 bits per heavy atom. The number of hydrogen-bond acceptors (Lipinski definition) is 3. The summed E-state index contributed by atoms with van der Waals surface area (Å²) in [6, 6.07) is 6.54. The molecule has 1 saturated carbocycles. The average molecular weight is 291 g/mol. The predicted molar refractivity (Wildman–Crippen MR) is 80.2 cm³/mol. The highest BCUT2D eigenvalue weighted by atomic mass is 16.3. The van der Waals surface area contributed by atoms with Gasteiger partial charge in [-0.05, 0) is 49.9 Å². The summed E-state index contributed by atoms with van der Waals surface area (Å²) in [5, 5.41) is 17.6. The summed E-state index contributed by atoms with van der Waals surface area (Å²) in [6.07, 6.45) is 2.81. The van der Waals surface area contributed by atoms with Crippen LogP contribution >= 0.6 is 0 Å². The van der Waals surface area contributed by atoms with E-state index in [1.54, 1.807) is 31.3 Å². The SMILES string of the molecule is CNC(=O)c1ccc(NC(=O)NC2CCC(O)CC2)cc1. The minimum Gasteiger partial charge on any atom is -0.393 e. The lowest BCUT2D eigenvalue weighted by Crippen LogP contribution is -2.40. The van der Waals surface area contributed by atoms with Crippen LogP contribution in [-0.2, 0) is 0 Å². The molecule has 6 heteroatoms.